The average Bonchev–Trinajstić information content (AvgIpc) is 2.42. The molecule has 0 spiro atoms. The number of phenolic OH excluding ortho intramolecular Hbond substituents is 1. The Labute approximate surface area is 111 Å². The Balaban J connectivity index is 2.31. The molecule has 1 atom stereocenters. The quantitative estimate of drug-likeness (QED) is 0.822. The summed E-state index contributed by atoms with van der Waals surface area (Å²) in [5, 5.41) is 10.0. The summed E-state index contributed by atoms with van der Waals surface area (Å²) in [6.45, 7) is 1.87. The molecule has 0 aliphatic rings. The summed E-state index contributed by atoms with van der Waals surface area (Å²) in [5.41, 5.74) is 8.94. The molecule has 2 aromatic rings. The van der Waals surface area contributed by atoms with Gasteiger partial charge in [-0.3, -0.25) is 9.78 Å². The van der Waals surface area contributed by atoms with Crippen molar-refractivity contribution in [1.82, 2.24) is 4.98 Å². The number of aryl methyl sites for hydroxylation is 1. The van der Waals surface area contributed by atoms with Crippen LogP contribution >= 0.6 is 0 Å². The first-order chi connectivity index (χ1) is 9.11. The number of phenols is 1. The Morgan fingerprint density at radius 1 is 1.37 bits per heavy atom. The highest BCUT2D eigenvalue weighted by atomic mass is 16.3. The molecule has 1 aromatic heterocycles. The molecule has 0 aliphatic heterocycles. The lowest BCUT2D eigenvalue weighted by atomic mass is 9.96. The summed E-state index contributed by atoms with van der Waals surface area (Å²) in [5.74, 6) is -0.0258. The minimum Gasteiger partial charge on any atom is -0.507 e. The van der Waals surface area contributed by atoms with E-state index in [0.717, 1.165) is 11.1 Å². The molecule has 0 fully saturated rings. The van der Waals surface area contributed by atoms with Crippen LogP contribution in [0.25, 0.3) is 0 Å². The Kier molecular flexibility index (Phi) is 3.92. The van der Waals surface area contributed by atoms with Gasteiger partial charge in [0.25, 0.3) is 0 Å². The highest BCUT2D eigenvalue weighted by Crippen LogP contribution is 2.29. The van der Waals surface area contributed by atoms with Gasteiger partial charge in [-0.2, -0.15) is 0 Å². The molecule has 0 saturated carbocycles. The highest BCUT2D eigenvalue weighted by molar-refractivity contribution is 5.80. The van der Waals surface area contributed by atoms with Gasteiger partial charge in [0.2, 0.25) is 0 Å². The second kappa shape index (κ2) is 5.63. The zero-order valence-corrected chi connectivity index (χ0v) is 10.7. The zero-order chi connectivity index (χ0) is 13.8. The summed E-state index contributed by atoms with van der Waals surface area (Å²) in [6.07, 6.45) is 4.63. The van der Waals surface area contributed by atoms with Crippen molar-refractivity contribution in [3.8, 4) is 5.75 Å². The van der Waals surface area contributed by atoms with Gasteiger partial charge in [0.05, 0.1) is 5.56 Å². The summed E-state index contributed by atoms with van der Waals surface area (Å²) in [7, 11) is 0. The van der Waals surface area contributed by atoms with Gasteiger partial charge in [0.1, 0.15) is 5.75 Å². The van der Waals surface area contributed by atoms with Crippen LogP contribution in [-0.4, -0.2) is 16.4 Å². The molecule has 0 bridgehead atoms. The maximum Gasteiger partial charge on any atom is 0.153 e. The van der Waals surface area contributed by atoms with Crippen LogP contribution in [0.1, 0.15) is 33.1 Å². The predicted molar refractivity (Wildman–Crippen MR) is 73.1 cm³/mol. The van der Waals surface area contributed by atoms with Gasteiger partial charge >= 0.3 is 0 Å². The van der Waals surface area contributed by atoms with Gasteiger partial charge in [-0.05, 0) is 42.7 Å². The monoisotopic (exact) mass is 256 g/mol. The first kappa shape index (κ1) is 13.2. The number of pyridine rings is 1. The summed E-state index contributed by atoms with van der Waals surface area (Å²) in [4.78, 5) is 14.9. The van der Waals surface area contributed by atoms with E-state index >= 15 is 0 Å². The largest absolute Gasteiger partial charge is 0.507 e. The van der Waals surface area contributed by atoms with E-state index in [0.29, 0.717) is 18.3 Å². The van der Waals surface area contributed by atoms with Crippen molar-refractivity contribution in [2.24, 2.45) is 5.73 Å². The standard InChI is InChI=1S/C15H16N2O2/c1-10-6-12(9-18)15(19)13(7-10)14(16)8-11-2-4-17-5-3-11/h2-7,9,14,19H,8,16H2,1H3/t14-/m1/s1. The number of nitrogens with zero attached hydrogens (tertiary/aromatic N) is 1. The van der Waals surface area contributed by atoms with Gasteiger partial charge in [-0.1, -0.05) is 6.07 Å². The number of nitrogens with two attached hydrogens (primary N) is 1. The third kappa shape index (κ3) is 2.98. The van der Waals surface area contributed by atoms with E-state index in [9.17, 15) is 9.90 Å². The molecule has 0 saturated heterocycles. The molecule has 0 unspecified atom stereocenters. The van der Waals surface area contributed by atoms with Crippen molar-refractivity contribution in [2.45, 2.75) is 19.4 Å². The van der Waals surface area contributed by atoms with Gasteiger partial charge in [-0.25, -0.2) is 0 Å². The molecule has 2 rings (SSSR count). The normalized spacial score (nSPS) is 12.1. The van der Waals surface area contributed by atoms with E-state index in [-0.39, 0.29) is 17.4 Å². The summed E-state index contributed by atoms with van der Waals surface area (Å²) < 4.78 is 0. The van der Waals surface area contributed by atoms with Crippen molar-refractivity contribution < 1.29 is 9.90 Å². The summed E-state index contributed by atoms with van der Waals surface area (Å²) in [6, 6.07) is 6.86. The second-order valence-electron chi connectivity index (χ2n) is 4.58. The molecule has 0 amide bonds. The van der Waals surface area contributed by atoms with E-state index in [2.05, 4.69) is 4.98 Å². The molecule has 4 nitrogen and oxygen atoms in total. The third-order valence-electron chi connectivity index (χ3n) is 3.04. The number of aromatic hydroxyl groups is 1. The van der Waals surface area contributed by atoms with E-state index in [1.165, 1.54) is 0 Å². The Hall–Kier alpha value is -2.20. The number of rotatable bonds is 4. The van der Waals surface area contributed by atoms with Crippen LogP contribution in [0.4, 0.5) is 0 Å². The first-order valence-corrected chi connectivity index (χ1v) is 6.05. The van der Waals surface area contributed by atoms with Gasteiger partial charge in [0, 0.05) is 24.0 Å². The molecule has 1 heterocycles. The minimum atomic E-state index is -0.360. The fourth-order valence-electron chi connectivity index (χ4n) is 2.09. The topological polar surface area (TPSA) is 76.2 Å². The number of carbonyl (C=O) groups is 1. The summed E-state index contributed by atoms with van der Waals surface area (Å²) >= 11 is 0. The van der Waals surface area contributed by atoms with Crippen LogP contribution in [0.2, 0.25) is 0 Å². The Bertz CT molecular complexity index is 582. The van der Waals surface area contributed by atoms with Crippen LogP contribution < -0.4 is 5.73 Å². The smallest absolute Gasteiger partial charge is 0.153 e. The van der Waals surface area contributed by atoms with Crippen molar-refractivity contribution in [2.75, 3.05) is 0 Å². The molecule has 19 heavy (non-hydrogen) atoms. The molecular weight excluding hydrogens is 240 g/mol. The molecule has 4 heteroatoms. The number of hydrogen-bond acceptors (Lipinski definition) is 4. The molecule has 98 valence electrons. The second-order valence-corrected chi connectivity index (χ2v) is 4.58. The maximum absolute atomic E-state index is 10.9. The van der Waals surface area contributed by atoms with Crippen LogP contribution in [-0.2, 0) is 6.42 Å². The van der Waals surface area contributed by atoms with Crippen molar-refractivity contribution >= 4 is 6.29 Å². The van der Waals surface area contributed by atoms with Crippen molar-refractivity contribution in [3.05, 3.63) is 58.9 Å². The Morgan fingerprint density at radius 3 is 2.68 bits per heavy atom. The number of aldehydes is 1. The number of hydrogen-bond donors (Lipinski definition) is 2. The fourth-order valence-corrected chi connectivity index (χ4v) is 2.09. The number of aromatic nitrogens is 1. The average molecular weight is 256 g/mol. The lowest BCUT2D eigenvalue weighted by Crippen LogP contribution is -2.14. The molecule has 0 radical (unpaired) electrons. The molecule has 1 aromatic carbocycles. The lowest BCUT2D eigenvalue weighted by Gasteiger charge is -2.15. The van der Waals surface area contributed by atoms with Crippen LogP contribution in [0.5, 0.6) is 5.75 Å². The molecular formula is C15H16N2O2. The fraction of sp³-hybridized carbons (Fsp3) is 0.200. The van der Waals surface area contributed by atoms with Crippen LogP contribution in [0.3, 0.4) is 0 Å². The zero-order valence-electron chi connectivity index (χ0n) is 10.7. The SMILES string of the molecule is Cc1cc(C=O)c(O)c([C@H](N)Cc2ccncc2)c1. The van der Waals surface area contributed by atoms with Crippen LogP contribution in [0.15, 0.2) is 36.7 Å². The number of benzene rings is 1. The number of carbonyl (C=O) groups excluding carboxylic acids is 1. The van der Waals surface area contributed by atoms with Gasteiger partial charge < -0.3 is 10.8 Å². The lowest BCUT2D eigenvalue weighted by molar-refractivity contribution is 0.112. The molecule has 0 aliphatic carbocycles. The van der Waals surface area contributed by atoms with Gasteiger partial charge in [-0.15, -0.1) is 0 Å². The third-order valence-corrected chi connectivity index (χ3v) is 3.04. The van der Waals surface area contributed by atoms with E-state index in [1.54, 1.807) is 18.5 Å². The minimum absolute atomic E-state index is 0.0258. The van der Waals surface area contributed by atoms with E-state index in [1.807, 2.05) is 25.1 Å². The van der Waals surface area contributed by atoms with Crippen LogP contribution in [0, 0.1) is 6.92 Å². The highest BCUT2D eigenvalue weighted by Gasteiger charge is 2.15. The Morgan fingerprint density at radius 2 is 2.05 bits per heavy atom. The van der Waals surface area contributed by atoms with Crippen molar-refractivity contribution in [1.29, 1.82) is 0 Å². The van der Waals surface area contributed by atoms with E-state index in [4.69, 9.17) is 5.73 Å². The molecule has 3 N–H and O–H groups in total. The van der Waals surface area contributed by atoms with Crippen molar-refractivity contribution in [3.63, 3.8) is 0 Å². The predicted octanol–water partition coefficient (Wildman–Crippen LogP) is 2.15. The maximum atomic E-state index is 10.9. The van der Waals surface area contributed by atoms with Gasteiger partial charge in [0.15, 0.2) is 6.29 Å². The van der Waals surface area contributed by atoms with E-state index < -0.39 is 0 Å². The first-order valence-electron chi connectivity index (χ1n) is 6.05.